The fourth-order valence-electron chi connectivity index (χ4n) is 16.8. The van der Waals surface area contributed by atoms with Crippen LogP contribution in [-0.4, -0.2) is 58.1 Å². The summed E-state index contributed by atoms with van der Waals surface area (Å²) in [7, 11) is 0. The summed E-state index contributed by atoms with van der Waals surface area (Å²) in [5.74, 6) is -0.527. The minimum atomic E-state index is -0.759. The minimum absolute atomic E-state index is 0. The molecule has 12 aromatic carbocycles. The normalized spacial score (nSPS) is 11.5. The van der Waals surface area contributed by atoms with Gasteiger partial charge >= 0.3 is 26.7 Å². The van der Waals surface area contributed by atoms with E-state index in [1.807, 2.05) is 62.8 Å². The number of aryl methyl sites for hydroxylation is 3. The summed E-state index contributed by atoms with van der Waals surface area (Å²) in [6.45, 7) is 10.1. The fraction of sp³-hybridized carbons (Fsp3) is 0.0566. The summed E-state index contributed by atoms with van der Waals surface area (Å²) in [4.78, 5) is 38.0. The number of rotatable bonds is 13. The Morgan fingerprint density at radius 3 is 1.19 bits per heavy atom. The van der Waals surface area contributed by atoms with Crippen LogP contribution in [0.15, 0.2) is 352 Å². The predicted octanol–water partition coefficient (Wildman–Crippen LogP) is 25.1. The average molecular weight is 1800 g/mol. The Morgan fingerprint density at radius 1 is 0.355 bits per heavy atom. The molecule has 0 spiro atoms. The van der Waals surface area contributed by atoms with Crippen molar-refractivity contribution in [3.05, 3.63) is 416 Å². The van der Waals surface area contributed by atoms with Gasteiger partial charge in [-0.1, -0.05) is 199 Å². The van der Waals surface area contributed by atoms with Crippen LogP contribution in [0.4, 0.5) is 17.6 Å². The van der Waals surface area contributed by atoms with Crippen molar-refractivity contribution in [3.63, 3.8) is 0 Å². The number of para-hydroxylation sites is 7. The third kappa shape index (κ3) is 14.3. The van der Waals surface area contributed by atoms with E-state index in [-0.39, 0.29) is 32.2 Å². The Hall–Kier alpha value is -15.2. The van der Waals surface area contributed by atoms with Crippen LogP contribution in [0.1, 0.15) is 41.9 Å². The molecule has 0 saturated heterocycles. The number of fused-ring (bicyclic) bond motifs is 9. The molecule has 10 heterocycles. The van der Waals surface area contributed by atoms with E-state index < -0.39 is 28.7 Å². The molecule has 0 saturated carbocycles. The van der Waals surface area contributed by atoms with Gasteiger partial charge in [-0.05, 0) is 207 Å². The molecule has 10 aromatic heterocycles. The van der Waals surface area contributed by atoms with Crippen LogP contribution in [-0.2, 0) is 26.5 Å². The largest absolute Gasteiger partial charge is 2.00 e. The number of nitrogens with zero attached hydrogens (tertiary/aromatic N) is 12. The Morgan fingerprint density at radius 2 is 0.750 bits per heavy atom. The zero-order valence-electron chi connectivity index (χ0n) is 67.7. The first kappa shape index (κ1) is 78.6. The maximum Gasteiger partial charge on any atom is 2.00 e. The molecule has 0 bridgehead atoms. The SMILES string of the molecule is CC(C)(c1cccc(-c2[c-]cc(F)cc2F)n1)c1cccc(-c2[c-]cc(F)cc2F)n1.Cc1ccccc1-n1c(-c2cc(-c3nc4cccnc4n3-c3ccccc3C)cc(-c3[nH]c4cccnc4[n+]3-c3ccccc3C)c2)nc2cccnc21.[Pt+2].c1ccc2c(c1)c1ccccc1n2-c1ccc(-c2ccc(-n3c4ccccc4c4ccccc43)cc2)cc1. The van der Waals surface area contributed by atoms with Gasteiger partial charge in [0, 0.05) is 102 Å². The Balaban J connectivity index is 0.000000127. The van der Waals surface area contributed by atoms with Crippen LogP contribution < -0.4 is 4.57 Å². The monoisotopic (exact) mass is 1800 g/mol. The molecule has 0 amide bonds. The van der Waals surface area contributed by atoms with Crippen LogP contribution in [0.5, 0.6) is 0 Å². The van der Waals surface area contributed by atoms with E-state index in [0.717, 1.165) is 126 Å². The van der Waals surface area contributed by atoms with Gasteiger partial charge in [0.2, 0.25) is 5.82 Å². The van der Waals surface area contributed by atoms with Gasteiger partial charge in [-0.3, -0.25) is 31.7 Å². The molecule has 1 N–H and O–H groups in total. The second-order valence-corrected chi connectivity index (χ2v) is 30.9. The molecule has 0 aliphatic rings. The molecular formula is C106H74F4N13Pt+. The number of aromatic amines is 1. The molecule has 0 atom stereocenters. The van der Waals surface area contributed by atoms with Crippen LogP contribution in [0.2, 0.25) is 0 Å². The second-order valence-electron chi connectivity index (χ2n) is 30.9. The smallest absolute Gasteiger partial charge is 0.309 e. The van der Waals surface area contributed by atoms with Crippen molar-refractivity contribution in [1.82, 2.24) is 58.1 Å². The van der Waals surface area contributed by atoms with Crippen molar-refractivity contribution in [3.8, 4) is 96.2 Å². The van der Waals surface area contributed by atoms with Crippen LogP contribution >= 0.6 is 0 Å². The van der Waals surface area contributed by atoms with Gasteiger partial charge in [-0.2, -0.15) is 4.57 Å². The summed E-state index contributed by atoms with van der Waals surface area (Å²) in [6, 6.07) is 115. The van der Waals surface area contributed by atoms with Gasteiger partial charge in [0.05, 0.1) is 33.4 Å². The molecule has 0 unspecified atom stereocenters. The zero-order valence-corrected chi connectivity index (χ0v) is 70.0. The first-order valence-electron chi connectivity index (χ1n) is 40.4. The van der Waals surface area contributed by atoms with E-state index in [1.165, 1.54) is 66.1 Å². The molecular weight excluding hydrogens is 1730 g/mol. The number of H-pyrrole nitrogens is 1. The first-order valence-corrected chi connectivity index (χ1v) is 40.4. The number of hydrogen-bond acceptors (Lipinski definition) is 7. The van der Waals surface area contributed by atoms with E-state index in [2.05, 4.69) is 313 Å². The molecule has 0 aliphatic carbocycles. The number of benzene rings is 12. The van der Waals surface area contributed by atoms with E-state index in [9.17, 15) is 17.6 Å². The van der Waals surface area contributed by atoms with Gasteiger partial charge < -0.3 is 19.1 Å². The maximum absolute atomic E-state index is 14.2. The van der Waals surface area contributed by atoms with Gasteiger partial charge in [0.1, 0.15) is 34.6 Å². The summed E-state index contributed by atoms with van der Waals surface area (Å²) < 4.78 is 66.1. The number of hydrogen-bond donors (Lipinski definition) is 1. The fourth-order valence-corrected chi connectivity index (χ4v) is 16.8. The number of imidazole rings is 3. The number of nitrogens with one attached hydrogen (secondary N) is 1. The molecule has 0 fully saturated rings. The Labute approximate surface area is 725 Å². The molecule has 13 nitrogen and oxygen atoms in total. The molecule has 0 aliphatic heterocycles. The third-order valence-corrected chi connectivity index (χ3v) is 22.9. The molecule has 0 radical (unpaired) electrons. The molecule has 22 rings (SSSR count). The summed E-state index contributed by atoms with van der Waals surface area (Å²) >= 11 is 0. The summed E-state index contributed by atoms with van der Waals surface area (Å²) in [5, 5.41) is 5.14. The maximum atomic E-state index is 14.2. The van der Waals surface area contributed by atoms with E-state index >= 15 is 0 Å². The average Bonchev–Trinajstić information content (AvgIpc) is 1.60. The van der Waals surface area contributed by atoms with Gasteiger partial charge in [-0.15, -0.1) is 29.2 Å². The van der Waals surface area contributed by atoms with Crippen molar-refractivity contribution >= 4 is 77.1 Å². The molecule has 18 heteroatoms. The predicted molar refractivity (Wildman–Crippen MR) is 483 cm³/mol. The van der Waals surface area contributed by atoms with Gasteiger partial charge in [-0.25, -0.2) is 19.9 Å². The van der Waals surface area contributed by atoms with Crippen molar-refractivity contribution in [1.29, 1.82) is 0 Å². The number of halogens is 4. The van der Waals surface area contributed by atoms with Crippen molar-refractivity contribution in [2.24, 2.45) is 0 Å². The molecule has 600 valence electrons. The summed E-state index contributed by atoms with van der Waals surface area (Å²) in [5.41, 5.74) is 25.0. The van der Waals surface area contributed by atoms with E-state index in [4.69, 9.17) is 24.9 Å². The number of pyridine rings is 5. The van der Waals surface area contributed by atoms with Gasteiger partial charge in [0.25, 0.3) is 0 Å². The van der Waals surface area contributed by atoms with Crippen molar-refractivity contribution in [2.75, 3.05) is 0 Å². The Bertz CT molecular complexity index is 7160. The quantitative estimate of drug-likeness (QED) is 0.0691. The number of aromatic nitrogens is 13. The Kier molecular flexibility index (Phi) is 20.8. The van der Waals surface area contributed by atoms with E-state index in [0.29, 0.717) is 22.8 Å². The molecule has 22 aromatic rings. The van der Waals surface area contributed by atoms with Gasteiger partial charge in [0.15, 0.2) is 16.8 Å². The van der Waals surface area contributed by atoms with Crippen molar-refractivity contribution in [2.45, 2.75) is 40.0 Å². The van der Waals surface area contributed by atoms with Crippen molar-refractivity contribution < 1.29 is 43.2 Å². The van der Waals surface area contributed by atoms with Crippen LogP contribution in [0.3, 0.4) is 0 Å². The topological polar surface area (TPSA) is 130 Å². The first-order chi connectivity index (χ1) is 60.1. The van der Waals surface area contributed by atoms with E-state index in [1.54, 1.807) is 36.4 Å². The minimum Gasteiger partial charge on any atom is -0.309 e. The van der Waals surface area contributed by atoms with Crippen LogP contribution in [0, 0.1) is 56.2 Å². The standard InChI is InChI=1S/C45H33N9.C36H24N2.C25H16F4N2.Pt/c1-28-13-4-7-19-37(28)52-40(49-34-16-10-22-46-43(34)52)31-25-32(41-50-35-17-11-23-47-44(35)53(41)38-20-8-5-14-29(38)2)27-33(26-31)42-51-36-18-12-24-48-45(36)54(42)39-21-9-6-15-30(39)3;1-5-13-33-29(9-1)30-10-2-6-14-34(30)37(33)27-21-17-25(18-22-27)26-19-23-28(24-20-26)38-35-15-7-3-11-31(35)32-12-4-8-16-36(32)38;1-25(2,23-7-3-5-21(30-23)17-11-9-15(26)13-19(17)28)24-8-4-6-22(31-24)18-12-10-16(27)14-20(18)29;/h4-27H,1-3H3;1-24H;3-10,13-14H,1-2H3;/q;;-2;+2/p+1. The zero-order chi connectivity index (χ0) is 83.6. The summed E-state index contributed by atoms with van der Waals surface area (Å²) in [6.07, 6.45) is 5.49. The second kappa shape index (κ2) is 32.7. The molecule has 124 heavy (non-hydrogen) atoms. The third-order valence-electron chi connectivity index (χ3n) is 22.9. The van der Waals surface area contributed by atoms with Crippen LogP contribution in [0.25, 0.3) is 173 Å².